The van der Waals surface area contributed by atoms with E-state index in [-0.39, 0.29) is 6.04 Å². The largest absolute Gasteiger partial charge is 0.318 e. The van der Waals surface area contributed by atoms with Gasteiger partial charge in [0.1, 0.15) is 6.33 Å². The Balaban J connectivity index is 1.92. The summed E-state index contributed by atoms with van der Waals surface area (Å²) < 4.78 is 0. The second kappa shape index (κ2) is 5.23. The zero-order valence-corrected chi connectivity index (χ0v) is 9.09. The van der Waals surface area contributed by atoms with Crippen molar-refractivity contribution in [3.63, 3.8) is 0 Å². The molecule has 4 nitrogen and oxygen atoms in total. The minimum atomic E-state index is 0.224. The molecular weight excluding hydrogens is 200 g/mol. The highest BCUT2D eigenvalue weighted by atomic mass is 15.4. The molecule has 1 aromatic heterocycles. The first-order valence-electron chi connectivity index (χ1n) is 5.18. The summed E-state index contributed by atoms with van der Waals surface area (Å²) in [6.45, 7) is 2.09. The van der Waals surface area contributed by atoms with Crippen LogP contribution in [0.15, 0.2) is 49.1 Å². The van der Waals surface area contributed by atoms with Gasteiger partial charge in [-0.15, -0.1) is 0 Å². The van der Waals surface area contributed by atoms with E-state index in [1.165, 1.54) is 11.9 Å². The van der Waals surface area contributed by atoms with E-state index < -0.39 is 0 Å². The van der Waals surface area contributed by atoms with E-state index in [1.54, 1.807) is 12.4 Å². The number of rotatable bonds is 4. The summed E-state index contributed by atoms with van der Waals surface area (Å²) in [6.07, 6.45) is 4.95. The smallest absolute Gasteiger partial charge is 0.115 e. The quantitative estimate of drug-likeness (QED) is 0.766. The third kappa shape index (κ3) is 2.77. The molecule has 1 aromatic carbocycles. The van der Waals surface area contributed by atoms with E-state index in [0.29, 0.717) is 0 Å². The Morgan fingerprint density at radius 2 is 1.75 bits per heavy atom. The average molecular weight is 214 g/mol. The lowest BCUT2D eigenvalue weighted by Gasteiger charge is -2.15. The van der Waals surface area contributed by atoms with Crippen molar-refractivity contribution in [3.8, 4) is 0 Å². The minimum Gasteiger partial charge on any atom is -0.318 e. The third-order valence-electron chi connectivity index (χ3n) is 2.29. The van der Waals surface area contributed by atoms with Crippen LogP contribution in [0.4, 0.5) is 5.69 Å². The Morgan fingerprint density at radius 1 is 1.06 bits per heavy atom. The molecule has 0 aliphatic heterocycles. The molecule has 0 unspecified atom stereocenters. The molecule has 1 heterocycles. The fourth-order valence-corrected chi connectivity index (χ4v) is 1.38. The molecule has 2 N–H and O–H groups in total. The van der Waals surface area contributed by atoms with Gasteiger partial charge in [0, 0.05) is 6.04 Å². The molecule has 0 spiro atoms. The van der Waals surface area contributed by atoms with Crippen LogP contribution >= 0.6 is 0 Å². The first-order valence-corrected chi connectivity index (χ1v) is 5.18. The topological polar surface area (TPSA) is 49.8 Å². The number of hydrogen-bond donors (Lipinski definition) is 2. The maximum Gasteiger partial charge on any atom is 0.115 e. The molecule has 4 heteroatoms. The maximum atomic E-state index is 3.92. The minimum absolute atomic E-state index is 0.224. The fourth-order valence-electron chi connectivity index (χ4n) is 1.38. The van der Waals surface area contributed by atoms with Gasteiger partial charge in [0.15, 0.2) is 0 Å². The molecular formula is C12H14N4. The number of benzene rings is 1. The summed E-state index contributed by atoms with van der Waals surface area (Å²) in [5.41, 5.74) is 8.33. The summed E-state index contributed by atoms with van der Waals surface area (Å²) in [4.78, 5) is 7.84. The first kappa shape index (κ1) is 10.6. The summed E-state index contributed by atoms with van der Waals surface area (Å²) in [5.74, 6) is 0. The van der Waals surface area contributed by atoms with E-state index in [9.17, 15) is 0 Å². The third-order valence-corrected chi connectivity index (χ3v) is 2.29. The lowest BCUT2D eigenvalue weighted by atomic mass is 10.1. The van der Waals surface area contributed by atoms with Crippen molar-refractivity contribution >= 4 is 5.69 Å². The Morgan fingerprint density at radius 3 is 2.44 bits per heavy atom. The van der Waals surface area contributed by atoms with Gasteiger partial charge in [0.25, 0.3) is 0 Å². The SMILES string of the molecule is C[C@H](NNc1cncnc1)c1ccccc1. The van der Waals surface area contributed by atoms with Gasteiger partial charge < -0.3 is 5.43 Å². The van der Waals surface area contributed by atoms with Crippen LogP contribution in [0, 0.1) is 0 Å². The molecule has 0 saturated heterocycles. The molecule has 0 amide bonds. The fraction of sp³-hybridized carbons (Fsp3) is 0.167. The summed E-state index contributed by atoms with van der Waals surface area (Å²) in [7, 11) is 0. The van der Waals surface area contributed by atoms with Crippen LogP contribution in [0.1, 0.15) is 18.5 Å². The highest BCUT2D eigenvalue weighted by molar-refractivity contribution is 5.36. The Kier molecular flexibility index (Phi) is 3.46. The van der Waals surface area contributed by atoms with Crippen LogP contribution < -0.4 is 10.9 Å². The van der Waals surface area contributed by atoms with E-state index in [2.05, 4.69) is 39.9 Å². The first-order chi connectivity index (χ1) is 7.86. The molecule has 2 rings (SSSR count). The standard InChI is InChI=1S/C12H14N4/c1-10(11-5-3-2-4-6-11)15-16-12-7-13-9-14-8-12/h2-10,15-16H,1H3/t10-/m0/s1. The zero-order valence-electron chi connectivity index (χ0n) is 9.09. The average Bonchev–Trinajstić information content (AvgIpc) is 2.38. The van der Waals surface area contributed by atoms with Crippen molar-refractivity contribution < 1.29 is 0 Å². The number of nitrogens with zero attached hydrogens (tertiary/aromatic N) is 2. The van der Waals surface area contributed by atoms with Crippen molar-refractivity contribution in [2.75, 3.05) is 5.43 Å². The van der Waals surface area contributed by atoms with Gasteiger partial charge in [-0.25, -0.2) is 15.4 Å². The second-order valence-corrected chi connectivity index (χ2v) is 3.53. The molecule has 82 valence electrons. The maximum absolute atomic E-state index is 3.92. The van der Waals surface area contributed by atoms with Gasteiger partial charge in [-0.3, -0.25) is 0 Å². The van der Waals surface area contributed by atoms with Gasteiger partial charge >= 0.3 is 0 Å². The number of anilines is 1. The Bertz CT molecular complexity index is 416. The van der Waals surface area contributed by atoms with Crippen molar-refractivity contribution in [2.45, 2.75) is 13.0 Å². The molecule has 0 bridgehead atoms. The number of nitrogens with one attached hydrogen (secondary N) is 2. The molecule has 0 aliphatic carbocycles. The number of aromatic nitrogens is 2. The van der Waals surface area contributed by atoms with Crippen molar-refractivity contribution in [2.24, 2.45) is 0 Å². The molecule has 0 saturated carbocycles. The highest BCUT2D eigenvalue weighted by Gasteiger charge is 2.02. The van der Waals surface area contributed by atoms with Gasteiger partial charge in [0.2, 0.25) is 0 Å². The predicted molar refractivity (Wildman–Crippen MR) is 63.6 cm³/mol. The van der Waals surface area contributed by atoms with Gasteiger partial charge in [-0.05, 0) is 12.5 Å². The molecule has 1 atom stereocenters. The van der Waals surface area contributed by atoms with E-state index in [1.807, 2.05) is 18.2 Å². The van der Waals surface area contributed by atoms with Gasteiger partial charge in [-0.2, -0.15) is 0 Å². The second-order valence-electron chi connectivity index (χ2n) is 3.53. The monoisotopic (exact) mass is 214 g/mol. The van der Waals surface area contributed by atoms with Crippen LogP contribution in [0.5, 0.6) is 0 Å². The van der Waals surface area contributed by atoms with E-state index in [0.717, 1.165) is 5.69 Å². The number of hydrazine groups is 1. The molecule has 0 fully saturated rings. The van der Waals surface area contributed by atoms with Gasteiger partial charge in [0.05, 0.1) is 18.1 Å². The summed E-state index contributed by atoms with van der Waals surface area (Å²) in [6, 6.07) is 10.5. The van der Waals surface area contributed by atoms with Crippen LogP contribution in [0.3, 0.4) is 0 Å². The summed E-state index contributed by atoms with van der Waals surface area (Å²) in [5, 5.41) is 0. The lowest BCUT2D eigenvalue weighted by molar-refractivity contribution is 0.643. The van der Waals surface area contributed by atoms with Crippen LogP contribution in [0.25, 0.3) is 0 Å². The zero-order chi connectivity index (χ0) is 11.2. The van der Waals surface area contributed by atoms with E-state index in [4.69, 9.17) is 0 Å². The molecule has 0 radical (unpaired) electrons. The normalized spacial score (nSPS) is 12.1. The Labute approximate surface area is 94.7 Å². The Hall–Kier alpha value is -1.94. The number of hydrogen-bond acceptors (Lipinski definition) is 4. The molecule has 0 aliphatic rings. The van der Waals surface area contributed by atoms with Crippen LogP contribution in [-0.4, -0.2) is 9.97 Å². The van der Waals surface area contributed by atoms with Crippen molar-refractivity contribution in [1.29, 1.82) is 0 Å². The highest BCUT2D eigenvalue weighted by Crippen LogP contribution is 2.11. The van der Waals surface area contributed by atoms with Gasteiger partial charge in [-0.1, -0.05) is 30.3 Å². The van der Waals surface area contributed by atoms with Crippen molar-refractivity contribution in [1.82, 2.24) is 15.4 Å². The predicted octanol–water partition coefficient (Wildman–Crippen LogP) is 2.15. The molecule has 16 heavy (non-hydrogen) atoms. The molecule has 2 aromatic rings. The summed E-state index contributed by atoms with van der Waals surface area (Å²) >= 11 is 0. The van der Waals surface area contributed by atoms with E-state index >= 15 is 0 Å². The lowest BCUT2D eigenvalue weighted by Crippen LogP contribution is -2.25. The van der Waals surface area contributed by atoms with Crippen molar-refractivity contribution in [3.05, 3.63) is 54.6 Å². The van der Waals surface area contributed by atoms with Crippen LogP contribution in [-0.2, 0) is 0 Å². The van der Waals surface area contributed by atoms with Crippen LogP contribution in [0.2, 0.25) is 0 Å².